The summed E-state index contributed by atoms with van der Waals surface area (Å²) in [6.07, 6.45) is -5.61. The molecule has 0 radical (unpaired) electrons. The molecule has 0 saturated heterocycles. The predicted molar refractivity (Wildman–Crippen MR) is 76.3 cm³/mol. The van der Waals surface area contributed by atoms with Crippen molar-refractivity contribution in [2.75, 3.05) is 6.54 Å². The maximum Gasteiger partial charge on any atom is 0.425 e. The third-order valence-electron chi connectivity index (χ3n) is 2.92. The van der Waals surface area contributed by atoms with E-state index in [4.69, 9.17) is 4.74 Å². The topological polar surface area (TPSA) is 34.1 Å². The summed E-state index contributed by atoms with van der Waals surface area (Å²) in [5.41, 5.74) is 1.61. The Morgan fingerprint density at radius 2 is 1.90 bits per heavy atom. The Labute approximate surface area is 123 Å². The fraction of sp³-hybridized carbons (Fsp3) is 0.667. The van der Waals surface area contributed by atoms with Gasteiger partial charge in [0.05, 0.1) is 0 Å². The van der Waals surface area contributed by atoms with Crippen LogP contribution in [0.5, 0.6) is 5.88 Å². The lowest BCUT2D eigenvalue weighted by atomic mass is 10.2. The van der Waals surface area contributed by atoms with Crippen LogP contribution in [0.25, 0.3) is 0 Å². The first-order valence-electron chi connectivity index (χ1n) is 7.16. The number of hydrogen-bond acceptors (Lipinski definition) is 3. The van der Waals surface area contributed by atoms with Crippen molar-refractivity contribution in [2.45, 2.75) is 52.9 Å². The quantitative estimate of drug-likeness (QED) is 0.833. The van der Waals surface area contributed by atoms with Crippen LogP contribution < -0.4 is 10.1 Å². The molecule has 1 unspecified atom stereocenters. The van der Waals surface area contributed by atoms with Crippen molar-refractivity contribution < 1.29 is 17.9 Å². The van der Waals surface area contributed by atoms with Crippen LogP contribution in [0.15, 0.2) is 12.1 Å². The molecule has 0 amide bonds. The Kier molecular flexibility index (Phi) is 6.45. The van der Waals surface area contributed by atoms with Gasteiger partial charge in [0.15, 0.2) is 6.10 Å². The van der Waals surface area contributed by atoms with Crippen molar-refractivity contribution in [1.29, 1.82) is 0 Å². The minimum Gasteiger partial charge on any atom is -0.465 e. The molecule has 1 N–H and O–H groups in total. The maximum absolute atomic E-state index is 12.5. The van der Waals surface area contributed by atoms with E-state index in [-0.39, 0.29) is 5.88 Å². The standard InChI is InChI=1S/C15H23F3N2O/c1-5-13-6-12(9-19-8-10(2)3)7-14(20-13)21-11(4)15(16,17)18/h6-7,10-11,19H,5,8-9H2,1-4H3. The smallest absolute Gasteiger partial charge is 0.425 e. The first-order chi connectivity index (χ1) is 9.72. The van der Waals surface area contributed by atoms with Gasteiger partial charge in [-0.3, -0.25) is 0 Å². The Balaban J connectivity index is 2.79. The van der Waals surface area contributed by atoms with Gasteiger partial charge < -0.3 is 10.1 Å². The maximum atomic E-state index is 12.5. The number of hydrogen-bond donors (Lipinski definition) is 1. The lowest BCUT2D eigenvalue weighted by molar-refractivity contribution is -0.190. The largest absolute Gasteiger partial charge is 0.465 e. The van der Waals surface area contributed by atoms with E-state index in [2.05, 4.69) is 24.1 Å². The predicted octanol–water partition coefficient (Wildman–Crippen LogP) is 3.72. The van der Waals surface area contributed by atoms with E-state index in [9.17, 15) is 13.2 Å². The highest BCUT2D eigenvalue weighted by Gasteiger charge is 2.38. The van der Waals surface area contributed by atoms with Gasteiger partial charge in [0.25, 0.3) is 0 Å². The molecule has 3 nitrogen and oxygen atoms in total. The lowest BCUT2D eigenvalue weighted by Crippen LogP contribution is -2.31. The van der Waals surface area contributed by atoms with Gasteiger partial charge in [0, 0.05) is 18.3 Å². The molecule has 0 bridgehead atoms. The van der Waals surface area contributed by atoms with Crippen LogP contribution in [-0.4, -0.2) is 23.8 Å². The molecule has 0 spiro atoms. The summed E-state index contributed by atoms with van der Waals surface area (Å²) in [7, 11) is 0. The molecule has 6 heteroatoms. The highest BCUT2D eigenvalue weighted by atomic mass is 19.4. The number of pyridine rings is 1. The van der Waals surface area contributed by atoms with Crippen LogP contribution in [0, 0.1) is 5.92 Å². The van der Waals surface area contributed by atoms with Crippen LogP contribution in [-0.2, 0) is 13.0 Å². The summed E-state index contributed by atoms with van der Waals surface area (Å²) in [6, 6.07) is 3.45. The van der Waals surface area contributed by atoms with E-state index in [0.717, 1.165) is 24.7 Å². The molecule has 21 heavy (non-hydrogen) atoms. The van der Waals surface area contributed by atoms with Crippen LogP contribution >= 0.6 is 0 Å². The van der Waals surface area contributed by atoms with Crippen molar-refractivity contribution in [3.63, 3.8) is 0 Å². The summed E-state index contributed by atoms with van der Waals surface area (Å²) in [4.78, 5) is 4.10. The van der Waals surface area contributed by atoms with Crippen molar-refractivity contribution in [1.82, 2.24) is 10.3 Å². The first kappa shape index (κ1) is 17.8. The molecule has 1 aromatic heterocycles. The molecule has 0 aliphatic carbocycles. The van der Waals surface area contributed by atoms with E-state index in [1.54, 1.807) is 6.07 Å². The molecule has 0 aliphatic rings. The average molecular weight is 304 g/mol. The zero-order chi connectivity index (χ0) is 16.0. The summed E-state index contributed by atoms with van der Waals surface area (Å²) >= 11 is 0. The van der Waals surface area contributed by atoms with E-state index >= 15 is 0 Å². The number of aromatic nitrogens is 1. The van der Waals surface area contributed by atoms with Gasteiger partial charge in [-0.1, -0.05) is 20.8 Å². The molecule has 0 saturated carbocycles. The fourth-order valence-corrected chi connectivity index (χ4v) is 1.72. The zero-order valence-corrected chi connectivity index (χ0v) is 12.9. The molecule has 0 fully saturated rings. The van der Waals surface area contributed by atoms with Gasteiger partial charge in [-0.05, 0) is 37.4 Å². The van der Waals surface area contributed by atoms with Crippen molar-refractivity contribution in [2.24, 2.45) is 5.92 Å². The zero-order valence-electron chi connectivity index (χ0n) is 12.9. The summed E-state index contributed by atoms with van der Waals surface area (Å²) in [5, 5.41) is 3.26. The highest BCUT2D eigenvalue weighted by molar-refractivity contribution is 5.25. The SMILES string of the molecule is CCc1cc(CNCC(C)C)cc(OC(C)C(F)(F)F)n1. The number of alkyl halides is 3. The minimum atomic E-state index is -4.39. The summed E-state index contributed by atoms with van der Waals surface area (Å²) < 4.78 is 42.6. The van der Waals surface area contributed by atoms with E-state index in [1.807, 2.05) is 13.0 Å². The van der Waals surface area contributed by atoms with Crippen LogP contribution in [0.3, 0.4) is 0 Å². The molecule has 120 valence electrons. The molecular formula is C15H23F3N2O. The monoisotopic (exact) mass is 304 g/mol. The van der Waals surface area contributed by atoms with Crippen molar-refractivity contribution in [3.8, 4) is 5.88 Å². The second kappa shape index (κ2) is 7.64. The summed E-state index contributed by atoms with van der Waals surface area (Å²) in [5.74, 6) is 0.541. The molecule has 1 rings (SSSR count). The van der Waals surface area contributed by atoms with Gasteiger partial charge in [-0.25, -0.2) is 4.98 Å². The minimum absolute atomic E-state index is 0.0283. The molecule has 0 aliphatic heterocycles. The summed E-state index contributed by atoms with van der Waals surface area (Å²) in [6.45, 7) is 8.51. The normalized spacial score (nSPS) is 13.5. The molecule has 1 heterocycles. The van der Waals surface area contributed by atoms with E-state index in [1.165, 1.54) is 0 Å². The van der Waals surface area contributed by atoms with Crippen molar-refractivity contribution in [3.05, 3.63) is 23.4 Å². The molecule has 0 aromatic carbocycles. The van der Waals surface area contributed by atoms with Gasteiger partial charge in [-0.15, -0.1) is 0 Å². The molecular weight excluding hydrogens is 281 g/mol. The Bertz CT molecular complexity index is 447. The van der Waals surface area contributed by atoms with Gasteiger partial charge in [-0.2, -0.15) is 13.2 Å². The van der Waals surface area contributed by atoms with Crippen molar-refractivity contribution >= 4 is 0 Å². The van der Waals surface area contributed by atoms with Crippen LogP contribution in [0.1, 0.15) is 39.0 Å². The Morgan fingerprint density at radius 3 is 2.43 bits per heavy atom. The van der Waals surface area contributed by atoms with Crippen LogP contribution in [0.4, 0.5) is 13.2 Å². The van der Waals surface area contributed by atoms with E-state index < -0.39 is 12.3 Å². The fourth-order valence-electron chi connectivity index (χ4n) is 1.72. The Morgan fingerprint density at radius 1 is 1.24 bits per heavy atom. The second-order valence-electron chi connectivity index (χ2n) is 5.48. The van der Waals surface area contributed by atoms with Gasteiger partial charge >= 0.3 is 6.18 Å². The second-order valence-corrected chi connectivity index (χ2v) is 5.48. The lowest BCUT2D eigenvalue weighted by Gasteiger charge is -2.18. The number of halogens is 3. The highest BCUT2D eigenvalue weighted by Crippen LogP contribution is 2.24. The number of nitrogens with zero attached hydrogens (tertiary/aromatic N) is 1. The van der Waals surface area contributed by atoms with Gasteiger partial charge in [0.2, 0.25) is 5.88 Å². The molecule has 1 aromatic rings. The number of rotatable bonds is 7. The Hall–Kier alpha value is -1.30. The third-order valence-corrected chi connectivity index (χ3v) is 2.92. The first-order valence-corrected chi connectivity index (χ1v) is 7.16. The molecule has 1 atom stereocenters. The number of aryl methyl sites for hydroxylation is 1. The third kappa shape index (κ3) is 6.33. The average Bonchev–Trinajstić information content (AvgIpc) is 2.36. The number of nitrogens with one attached hydrogen (secondary N) is 1. The van der Waals surface area contributed by atoms with E-state index in [0.29, 0.717) is 18.9 Å². The van der Waals surface area contributed by atoms with Gasteiger partial charge in [0.1, 0.15) is 0 Å². The van der Waals surface area contributed by atoms with Crippen LogP contribution in [0.2, 0.25) is 0 Å². The number of ether oxygens (including phenoxy) is 1.